The van der Waals surface area contributed by atoms with Gasteiger partial charge >= 0.3 is 0 Å². The quantitative estimate of drug-likeness (QED) is 0.726. The zero-order chi connectivity index (χ0) is 8.97. The Hall–Kier alpha value is -0.480. The molecule has 0 aromatic carbocycles. The first-order valence-corrected chi connectivity index (χ1v) is 5.01. The van der Waals surface area contributed by atoms with Gasteiger partial charge in [-0.2, -0.15) is 11.8 Å². The van der Waals surface area contributed by atoms with Gasteiger partial charge in [-0.25, -0.2) is 0 Å². The highest BCUT2D eigenvalue weighted by atomic mass is 32.2. The molecule has 4 heteroatoms. The molecular weight excluding hydrogens is 174 g/mol. The molecule has 1 heterocycles. The zero-order valence-electron chi connectivity index (χ0n) is 7.33. The molecule has 68 valence electrons. The molecule has 0 atom stereocenters. The van der Waals surface area contributed by atoms with Gasteiger partial charge in [-0.1, -0.05) is 5.16 Å². The fourth-order valence-electron chi connectivity index (χ4n) is 0.947. The van der Waals surface area contributed by atoms with E-state index in [1.807, 2.05) is 13.8 Å². The maximum Gasteiger partial charge on any atom is 0.137 e. The molecule has 0 radical (unpaired) electrons. The van der Waals surface area contributed by atoms with Crippen molar-refractivity contribution in [2.75, 3.05) is 12.4 Å². The Labute approximate surface area is 76.1 Å². The van der Waals surface area contributed by atoms with Crippen molar-refractivity contribution in [2.24, 2.45) is 0 Å². The molecule has 3 nitrogen and oxygen atoms in total. The second kappa shape index (κ2) is 4.52. The van der Waals surface area contributed by atoms with Gasteiger partial charge in [-0.15, -0.1) is 0 Å². The molecule has 0 saturated heterocycles. The van der Waals surface area contributed by atoms with Crippen molar-refractivity contribution in [3.05, 3.63) is 17.0 Å². The molecule has 12 heavy (non-hydrogen) atoms. The third-order valence-corrected chi connectivity index (χ3v) is 2.63. The molecule has 0 fully saturated rings. The Morgan fingerprint density at radius 2 is 2.25 bits per heavy atom. The lowest BCUT2D eigenvalue weighted by molar-refractivity contribution is 0.322. The van der Waals surface area contributed by atoms with Crippen LogP contribution in [0.5, 0.6) is 0 Å². The number of thioether (sulfide) groups is 1. The van der Waals surface area contributed by atoms with Crippen molar-refractivity contribution in [3.63, 3.8) is 0 Å². The minimum atomic E-state index is 0.230. The third-order valence-electron chi connectivity index (χ3n) is 1.66. The van der Waals surface area contributed by atoms with Crippen molar-refractivity contribution in [1.29, 1.82) is 0 Å². The van der Waals surface area contributed by atoms with Crippen molar-refractivity contribution < 1.29 is 9.63 Å². The number of aliphatic hydroxyl groups is 1. The van der Waals surface area contributed by atoms with Crippen LogP contribution in [0.3, 0.4) is 0 Å². The lowest BCUT2D eigenvalue weighted by atomic mass is 10.2. The van der Waals surface area contributed by atoms with Crippen LogP contribution in [0.1, 0.15) is 17.0 Å². The van der Waals surface area contributed by atoms with Gasteiger partial charge in [0.25, 0.3) is 0 Å². The van der Waals surface area contributed by atoms with Gasteiger partial charge in [0.1, 0.15) is 5.76 Å². The van der Waals surface area contributed by atoms with E-state index in [0.29, 0.717) is 0 Å². The first kappa shape index (κ1) is 9.61. The van der Waals surface area contributed by atoms with Crippen LogP contribution in [0.25, 0.3) is 0 Å². The standard InChI is InChI=1S/C8H13NO2S/c1-6-8(5-12-4-3-10)7(2)11-9-6/h10H,3-5H2,1-2H3. The van der Waals surface area contributed by atoms with Crippen LogP contribution in [-0.4, -0.2) is 22.6 Å². The molecule has 0 aliphatic carbocycles. The lowest BCUT2D eigenvalue weighted by Crippen LogP contribution is -1.89. The summed E-state index contributed by atoms with van der Waals surface area (Å²) in [7, 11) is 0. The summed E-state index contributed by atoms with van der Waals surface area (Å²) < 4.78 is 5.00. The first-order valence-electron chi connectivity index (χ1n) is 3.86. The monoisotopic (exact) mass is 187 g/mol. The second-order valence-corrected chi connectivity index (χ2v) is 3.68. The predicted octanol–water partition coefficient (Wildman–Crippen LogP) is 1.52. The molecule has 0 spiro atoms. The van der Waals surface area contributed by atoms with E-state index < -0.39 is 0 Å². The van der Waals surface area contributed by atoms with E-state index >= 15 is 0 Å². The fraction of sp³-hybridized carbons (Fsp3) is 0.625. The highest BCUT2D eigenvalue weighted by Crippen LogP contribution is 2.18. The van der Waals surface area contributed by atoms with Crippen LogP contribution in [0.15, 0.2) is 4.52 Å². The summed E-state index contributed by atoms with van der Waals surface area (Å²) in [5.41, 5.74) is 2.12. The first-order chi connectivity index (χ1) is 5.75. The van der Waals surface area contributed by atoms with Gasteiger partial charge in [0.15, 0.2) is 0 Å². The number of aryl methyl sites for hydroxylation is 2. The van der Waals surface area contributed by atoms with E-state index in [2.05, 4.69) is 5.16 Å². The number of rotatable bonds is 4. The Balaban J connectivity index is 2.50. The number of hydrogen-bond donors (Lipinski definition) is 1. The molecule has 1 aromatic rings. The topological polar surface area (TPSA) is 46.3 Å². The normalized spacial score (nSPS) is 10.6. The number of hydrogen-bond acceptors (Lipinski definition) is 4. The SMILES string of the molecule is Cc1noc(C)c1CSCCO. The van der Waals surface area contributed by atoms with Gasteiger partial charge in [0, 0.05) is 17.1 Å². The molecule has 1 N–H and O–H groups in total. The van der Waals surface area contributed by atoms with Gasteiger partial charge in [-0.05, 0) is 13.8 Å². The van der Waals surface area contributed by atoms with Crippen molar-refractivity contribution in [2.45, 2.75) is 19.6 Å². The van der Waals surface area contributed by atoms with Crippen molar-refractivity contribution in [3.8, 4) is 0 Å². The lowest BCUT2D eigenvalue weighted by Gasteiger charge is -1.97. The number of aromatic nitrogens is 1. The van der Waals surface area contributed by atoms with Gasteiger partial charge in [-0.3, -0.25) is 0 Å². The van der Waals surface area contributed by atoms with E-state index in [0.717, 1.165) is 28.5 Å². The average molecular weight is 187 g/mol. The van der Waals surface area contributed by atoms with E-state index in [1.54, 1.807) is 11.8 Å². The number of aliphatic hydroxyl groups excluding tert-OH is 1. The highest BCUT2D eigenvalue weighted by molar-refractivity contribution is 7.98. The minimum absolute atomic E-state index is 0.230. The van der Waals surface area contributed by atoms with Crippen LogP contribution < -0.4 is 0 Å². The second-order valence-electron chi connectivity index (χ2n) is 2.58. The molecule has 0 unspecified atom stereocenters. The van der Waals surface area contributed by atoms with Crippen LogP contribution in [0, 0.1) is 13.8 Å². The predicted molar refractivity (Wildman–Crippen MR) is 49.2 cm³/mol. The maximum absolute atomic E-state index is 8.57. The van der Waals surface area contributed by atoms with Crippen molar-refractivity contribution in [1.82, 2.24) is 5.16 Å². The van der Waals surface area contributed by atoms with Crippen molar-refractivity contribution >= 4 is 11.8 Å². The molecule has 0 aliphatic heterocycles. The zero-order valence-corrected chi connectivity index (χ0v) is 8.15. The summed E-state index contributed by atoms with van der Waals surface area (Å²) in [5, 5.41) is 12.4. The smallest absolute Gasteiger partial charge is 0.137 e. The summed E-state index contributed by atoms with van der Waals surface area (Å²) in [6.07, 6.45) is 0. The van der Waals surface area contributed by atoms with Gasteiger partial charge < -0.3 is 9.63 Å². The molecule has 0 aliphatic rings. The van der Waals surface area contributed by atoms with Gasteiger partial charge in [0.05, 0.1) is 12.3 Å². The molecule has 1 aromatic heterocycles. The summed E-state index contributed by atoms with van der Waals surface area (Å²) >= 11 is 1.69. The fourth-order valence-corrected chi connectivity index (χ4v) is 1.84. The summed E-state index contributed by atoms with van der Waals surface area (Å²) in [6.45, 7) is 4.08. The third kappa shape index (κ3) is 2.25. The summed E-state index contributed by atoms with van der Waals surface area (Å²) in [6, 6.07) is 0. The maximum atomic E-state index is 8.57. The minimum Gasteiger partial charge on any atom is -0.396 e. The Morgan fingerprint density at radius 1 is 1.50 bits per heavy atom. The largest absolute Gasteiger partial charge is 0.396 e. The van der Waals surface area contributed by atoms with Gasteiger partial charge in [0.2, 0.25) is 0 Å². The summed E-state index contributed by atoms with van der Waals surface area (Å²) in [4.78, 5) is 0. The Morgan fingerprint density at radius 3 is 2.75 bits per heavy atom. The molecular formula is C8H13NO2S. The molecule has 0 bridgehead atoms. The highest BCUT2D eigenvalue weighted by Gasteiger charge is 2.07. The van der Waals surface area contributed by atoms with Crippen LogP contribution in [-0.2, 0) is 5.75 Å². The van der Waals surface area contributed by atoms with E-state index in [-0.39, 0.29) is 6.61 Å². The molecule has 0 amide bonds. The Kier molecular flexibility index (Phi) is 3.62. The van der Waals surface area contributed by atoms with E-state index in [4.69, 9.17) is 9.63 Å². The number of nitrogens with zero attached hydrogens (tertiary/aromatic N) is 1. The van der Waals surface area contributed by atoms with E-state index in [9.17, 15) is 0 Å². The van der Waals surface area contributed by atoms with Crippen LogP contribution >= 0.6 is 11.8 Å². The summed E-state index contributed by atoms with van der Waals surface area (Å²) in [5.74, 6) is 2.53. The average Bonchev–Trinajstić information content (AvgIpc) is 2.35. The Bertz CT molecular complexity index is 228. The van der Waals surface area contributed by atoms with Crippen LogP contribution in [0.2, 0.25) is 0 Å². The molecule has 0 saturated carbocycles. The molecule has 1 rings (SSSR count). The van der Waals surface area contributed by atoms with E-state index in [1.165, 1.54) is 0 Å². The van der Waals surface area contributed by atoms with Crippen LogP contribution in [0.4, 0.5) is 0 Å².